The molecule has 0 radical (unpaired) electrons. The predicted octanol–water partition coefficient (Wildman–Crippen LogP) is 0.572. The Hall–Kier alpha value is -0.610. The van der Waals surface area contributed by atoms with Crippen molar-refractivity contribution in [3.05, 3.63) is 0 Å². The molecule has 0 aliphatic carbocycles. The number of hydrogen-bond donors (Lipinski definition) is 2. The Balaban J connectivity index is 3.33. The number of carbonyl (C=O) groups excluding carboxylic acids is 1. The summed E-state index contributed by atoms with van der Waals surface area (Å²) in [5, 5.41) is 2.90. The summed E-state index contributed by atoms with van der Waals surface area (Å²) >= 11 is 0. The molecule has 0 rings (SSSR count). The molecule has 0 fully saturated rings. The number of nitrogens with one attached hydrogen (secondary N) is 1. The van der Waals surface area contributed by atoms with Crippen molar-refractivity contribution < 1.29 is 4.79 Å². The molecule has 3 N–H and O–H groups in total. The van der Waals surface area contributed by atoms with Crippen LogP contribution >= 0.6 is 0 Å². The first-order valence-corrected chi connectivity index (χ1v) is 5.77. The number of rotatable bonds is 8. The van der Waals surface area contributed by atoms with Crippen LogP contribution in [0, 0.1) is 0 Å². The number of nitrogens with zero attached hydrogens (tertiary/aromatic N) is 1. The molecule has 0 aromatic rings. The third-order valence-electron chi connectivity index (χ3n) is 2.42. The topological polar surface area (TPSA) is 58.4 Å². The van der Waals surface area contributed by atoms with Crippen molar-refractivity contribution in [1.29, 1.82) is 0 Å². The van der Waals surface area contributed by atoms with Crippen LogP contribution in [-0.2, 0) is 4.79 Å². The van der Waals surface area contributed by atoms with Gasteiger partial charge in [0.05, 0.1) is 0 Å². The van der Waals surface area contributed by atoms with Crippen molar-refractivity contribution in [3.8, 4) is 0 Å². The minimum atomic E-state index is 0.139. The molecule has 0 aromatic carbocycles. The van der Waals surface area contributed by atoms with Crippen LogP contribution < -0.4 is 11.1 Å². The van der Waals surface area contributed by atoms with Crippen molar-refractivity contribution in [2.75, 3.05) is 26.7 Å². The minimum Gasteiger partial charge on any atom is -0.355 e. The minimum absolute atomic E-state index is 0.139. The molecule has 0 saturated heterocycles. The second kappa shape index (κ2) is 8.68. The van der Waals surface area contributed by atoms with Crippen molar-refractivity contribution in [1.82, 2.24) is 10.2 Å². The van der Waals surface area contributed by atoms with Crippen molar-refractivity contribution >= 4 is 5.91 Å². The number of likely N-dealkylation sites (N-methyl/N-ethyl adjacent to an activating group) is 1. The molecule has 0 aromatic heterocycles. The van der Waals surface area contributed by atoms with Gasteiger partial charge >= 0.3 is 0 Å². The summed E-state index contributed by atoms with van der Waals surface area (Å²) < 4.78 is 0. The van der Waals surface area contributed by atoms with Gasteiger partial charge < -0.3 is 16.0 Å². The van der Waals surface area contributed by atoms with Gasteiger partial charge in [0.25, 0.3) is 0 Å². The Bertz CT molecular complexity index is 171. The molecule has 4 nitrogen and oxygen atoms in total. The van der Waals surface area contributed by atoms with E-state index >= 15 is 0 Å². The lowest BCUT2D eigenvalue weighted by Crippen LogP contribution is -2.32. The molecule has 0 saturated carbocycles. The van der Waals surface area contributed by atoms with Crippen LogP contribution in [0.2, 0.25) is 0 Å². The number of carbonyl (C=O) groups is 1. The summed E-state index contributed by atoms with van der Waals surface area (Å²) in [6.45, 7) is 6.73. The molecule has 1 amide bonds. The summed E-state index contributed by atoms with van der Waals surface area (Å²) in [7, 11) is 2.04. The van der Waals surface area contributed by atoms with E-state index in [1.54, 1.807) is 0 Å². The van der Waals surface area contributed by atoms with Crippen LogP contribution in [0.5, 0.6) is 0 Å². The fourth-order valence-corrected chi connectivity index (χ4v) is 1.22. The molecule has 15 heavy (non-hydrogen) atoms. The zero-order chi connectivity index (χ0) is 11.7. The summed E-state index contributed by atoms with van der Waals surface area (Å²) in [5.74, 6) is 0.139. The SMILES string of the molecule is CCN(C)CCNC(=O)CCCC(C)N. The molecule has 4 heteroatoms. The number of amides is 1. The van der Waals surface area contributed by atoms with E-state index in [4.69, 9.17) is 5.73 Å². The lowest BCUT2D eigenvalue weighted by atomic mass is 10.1. The predicted molar refractivity (Wildman–Crippen MR) is 63.7 cm³/mol. The third-order valence-corrected chi connectivity index (χ3v) is 2.42. The summed E-state index contributed by atoms with van der Waals surface area (Å²) in [5.41, 5.74) is 5.60. The Kier molecular flexibility index (Phi) is 8.33. The standard InChI is InChI=1S/C11H25N3O/c1-4-14(3)9-8-13-11(15)7-5-6-10(2)12/h10H,4-9,12H2,1-3H3,(H,13,15). The Labute approximate surface area is 93.2 Å². The van der Waals surface area contributed by atoms with Crippen molar-refractivity contribution in [2.45, 2.75) is 39.2 Å². The molecule has 1 atom stereocenters. The zero-order valence-electron chi connectivity index (χ0n) is 10.3. The number of nitrogens with two attached hydrogens (primary N) is 1. The molecule has 0 spiro atoms. The van der Waals surface area contributed by atoms with Gasteiger partial charge in [0, 0.05) is 25.6 Å². The molecular formula is C11H25N3O. The maximum atomic E-state index is 11.3. The lowest BCUT2D eigenvalue weighted by Gasteiger charge is -2.14. The van der Waals surface area contributed by atoms with Gasteiger partial charge in [0.15, 0.2) is 0 Å². The fourth-order valence-electron chi connectivity index (χ4n) is 1.22. The largest absolute Gasteiger partial charge is 0.355 e. The summed E-state index contributed by atoms with van der Waals surface area (Å²) in [4.78, 5) is 13.5. The van der Waals surface area contributed by atoms with Gasteiger partial charge in [-0.1, -0.05) is 6.92 Å². The third kappa shape index (κ3) is 9.69. The van der Waals surface area contributed by atoms with E-state index in [1.165, 1.54) is 0 Å². The highest BCUT2D eigenvalue weighted by molar-refractivity contribution is 5.75. The van der Waals surface area contributed by atoms with Gasteiger partial charge in [0.2, 0.25) is 5.91 Å². The van der Waals surface area contributed by atoms with Crippen LogP contribution in [0.15, 0.2) is 0 Å². The van der Waals surface area contributed by atoms with Crippen LogP contribution in [0.4, 0.5) is 0 Å². The molecule has 0 aliphatic heterocycles. The first kappa shape index (κ1) is 14.4. The van der Waals surface area contributed by atoms with Crippen molar-refractivity contribution in [2.24, 2.45) is 5.73 Å². The molecular weight excluding hydrogens is 190 g/mol. The molecule has 0 bridgehead atoms. The van der Waals surface area contributed by atoms with E-state index in [1.807, 2.05) is 14.0 Å². The second-order valence-electron chi connectivity index (χ2n) is 4.12. The first-order chi connectivity index (χ1) is 7.06. The maximum Gasteiger partial charge on any atom is 0.220 e. The van der Waals surface area contributed by atoms with Gasteiger partial charge in [-0.3, -0.25) is 4.79 Å². The van der Waals surface area contributed by atoms with E-state index in [-0.39, 0.29) is 11.9 Å². The van der Waals surface area contributed by atoms with E-state index < -0.39 is 0 Å². The highest BCUT2D eigenvalue weighted by Gasteiger charge is 2.02. The molecule has 0 aliphatic rings. The molecule has 1 unspecified atom stereocenters. The van der Waals surface area contributed by atoms with Gasteiger partial charge in [-0.2, -0.15) is 0 Å². The van der Waals surface area contributed by atoms with E-state index in [0.717, 1.165) is 32.5 Å². The Morgan fingerprint density at radius 3 is 2.73 bits per heavy atom. The van der Waals surface area contributed by atoms with Crippen LogP contribution in [-0.4, -0.2) is 43.5 Å². The maximum absolute atomic E-state index is 11.3. The summed E-state index contributed by atoms with van der Waals surface area (Å²) in [6.07, 6.45) is 2.40. The Morgan fingerprint density at radius 1 is 1.53 bits per heavy atom. The second-order valence-corrected chi connectivity index (χ2v) is 4.12. The zero-order valence-corrected chi connectivity index (χ0v) is 10.3. The van der Waals surface area contributed by atoms with Crippen LogP contribution in [0.1, 0.15) is 33.1 Å². The average molecular weight is 215 g/mol. The monoisotopic (exact) mass is 215 g/mol. The van der Waals surface area contributed by atoms with Gasteiger partial charge in [0.1, 0.15) is 0 Å². The highest BCUT2D eigenvalue weighted by atomic mass is 16.1. The van der Waals surface area contributed by atoms with Crippen molar-refractivity contribution in [3.63, 3.8) is 0 Å². The average Bonchev–Trinajstić information content (AvgIpc) is 2.17. The highest BCUT2D eigenvalue weighted by Crippen LogP contribution is 1.97. The fraction of sp³-hybridized carbons (Fsp3) is 0.909. The molecule has 0 heterocycles. The van der Waals surface area contributed by atoms with Crippen LogP contribution in [0.25, 0.3) is 0 Å². The Morgan fingerprint density at radius 2 is 2.20 bits per heavy atom. The molecule has 90 valence electrons. The quantitative estimate of drug-likeness (QED) is 0.622. The van der Waals surface area contributed by atoms with E-state index in [2.05, 4.69) is 17.1 Å². The smallest absolute Gasteiger partial charge is 0.220 e. The van der Waals surface area contributed by atoms with Gasteiger partial charge in [-0.15, -0.1) is 0 Å². The van der Waals surface area contributed by atoms with E-state index in [9.17, 15) is 4.79 Å². The van der Waals surface area contributed by atoms with E-state index in [0.29, 0.717) is 6.42 Å². The van der Waals surface area contributed by atoms with Gasteiger partial charge in [-0.05, 0) is 33.4 Å². The summed E-state index contributed by atoms with van der Waals surface area (Å²) in [6, 6.07) is 0.198. The number of hydrogen-bond acceptors (Lipinski definition) is 3. The van der Waals surface area contributed by atoms with Crippen LogP contribution in [0.3, 0.4) is 0 Å². The van der Waals surface area contributed by atoms with Gasteiger partial charge in [-0.25, -0.2) is 0 Å². The normalized spacial score (nSPS) is 12.9. The first-order valence-electron chi connectivity index (χ1n) is 5.77. The lowest BCUT2D eigenvalue weighted by molar-refractivity contribution is -0.121.